The molecule has 122 valence electrons. The Balaban J connectivity index is 1.84. The van der Waals surface area contributed by atoms with Gasteiger partial charge in [-0.3, -0.25) is 14.4 Å². The van der Waals surface area contributed by atoms with E-state index in [0.29, 0.717) is 6.42 Å². The number of esters is 1. The summed E-state index contributed by atoms with van der Waals surface area (Å²) in [7, 11) is 1.31. The highest BCUT2D eigenvalue weighted by molar-refractivity contribution is 5.95. The van der Waals surface area contributed by atoms with E-state index in [1.807, 2.05) is 24.3 Å². The SMILES string of the molecule is COC(=O)CCNC(=O)/C=C/c1ccc(N2CCCC2=O)cc1. The summed E-state index contributed by atoms with van der Waals surface area (Å²) >= 11 is 0. The molecule has 2 rings (SSSR count). The van der Waals surface area contributed by atoms with Gasteiger partial charge in [0.25, 0.3) is 0 Å². The lowest BCUT2D eigenvalue weighted by Gasteiger charge is -2.15. The van der Waals surface area contributed by atoms with Crippen LogP contribution < -0.4 is 10.2 Å². The first-order chi connectivity index (χ1) is 11.1. The van der Waals surface area contributed by atoms with Gasteiger partial charge < -0.3 is 15.0 Å². The molecule has 1 saturated heterocycles. The maximum Gasteiger partial charge on any atom is 0.307 e. The van der Waals surface area contributed by atoms with E-state index in [9.17, 15) is 14.4 Å². The number of benzene rings is 1. The van der Waals surface area contributed by atoms with Gasteiger partial charge >= 0.3 is 5.97 Å². The Kier molecular flexibility index (Phi) is 5.91. The van der Waals surface area contributed by atoms with E-state index in [1.165, 1.54) is 13.2 Å². The Labute approximate surface area is 135 Å². The fraction of sp³-hybridized carbons (Fsp3) is 0.353. The fourth-order valence-electron chi connectivity index (χ4n) is 2.31. The smallest absolute Gasteiger partial charge is 0.307 e. The number of carbonyl (C=O) groups excluding carboxylic acids is 3. The average molecular weight is 316 g/mol. The van der Waals surface area contributed by atoms with Gasteiger partial charge in [-0.1, -0.05) is 12.1 Å². The van der Waals surface area contributed by atoms with Crippen molar-refractivity contribution >= 4 is 29.5 Å². The average Bonchev–Trinajstić information content (AvgIpc) is 2.99. The number of anilines is 1. The topological polar surface area (TPSA) is 75.7 Å². The standard InChI is InChI=1S/C17H20N2O4/c1-23-17(22)10-11-18-15(20)9-6-13-4-7-14(8-5-13)19-12-2-3-16(19)21/h4-9H,2-3,10-12H2,1H3,(H,18,20)/b9-6+. The van der Waals surface area contributed by atoms with Crippen LogP contribution in [0.3, 0.4) is 0 Å². The van der Waals surface area contributed by atoms with Gasteiger partial charge in [0.05, 0.1) is 13.5 Å². The molecular formula is C17H20N2O4. The summed E-state index contributed by atoms with van der Waals surface area (Å²) in [5.74, 6) is -0.479. The maximum atomic E-state index is 11.7. The molecule has 23 heavy (non-hydrogen) atoms. The van der Waals surface area contributed by atoms with E-state index in [0.717, 1.165) is 24.2 Å². The number of nitrogens with zero attached hydrogens (tertiary/aromatic N) is 1. The summed E-state index contributed by atoms with van der Waals surface area (Å²) in [6.07, 6.45) is 4.74. The van der Waals surface area contributed by atoms with Crippen LogP contribution in [0.25, 0.3) is 6.08 Å². The van der Waals surface area contributed by atoms with Crippen molar-refractivity contribution in [2.24, 2.45) is 0 Å². The second-order valence-corrected chi connectivity index (χ2v) is 5.19. The number of rotatable bonds is 6. The molecule has 0 spiro atoms. The summed E-state index contributed by atoms with van der Waals surface area (Å²) in [6.45, 7) is 1.00. The summed E-state index contributed by atoms with van der Waals surface area (Å²) < 4.78 is 4.49. The highest BCUT2D eigenvalue weighted by Crippen LogP contribution is 2.21. The molecule has 0 atom stereocenters. The third kappa shape index (κ3) is 4.95. The number of carbonyl (C=O) groups is 3. The van der Waals surface area contributed by atoms with Crippen LogP contribution in [0.5, 0.6) is 0 Å². The normalized spacial score (nSPS) is 14.3. The Bertz CT molecular complexity index is 608. The number of ether oxygens (including phenoxy) is 1. The number of amides is 2. The van der Waals surface area contributed by atoms with Gasteiger partial charge in [0.2, 0.25) is 11.8 Å². The van der Waals surface area contributed by atoms with Crippen molar-refractivity contribution in [1.29, 1.82) is 0 Å². The molecule has 2 amide bonds. The van der Waals surface area contributed by atoms with Crippen LogP contribution in [-0.2, 0) is 19.1 Å². The molecule has 1 aliphatic rings. The molecule has 0 saturated carbocycles. The lowest BCUT2D eigenvalue weighted by molar-refractivity contribution is -0.140. The Morgan fingerprint density at radius 1 is 1.30 bits per heavy atom. The molecule has 1 aromatic rings. The lowest BCUT2D eigenvalue weighted by Crippen LogP contribution is -2.24. The van der Waals surface area contributed by atoms with Crippen molar-refractivity contribution in [3.8, 4) is 0 Å². The van der Waals surface area contributed by atoms with Crippen LogP contribution >= 0.6 is 0 Å². The molecule has 0 aromatic heterocycles. The number of methoxy groups -OCH3 is 1. The third-order valence-corrected chi connectivity index (χ3v) is 3.56. The lowest BCUT2D eigenvalue weighted by atomic mass is 10.2. The first-order valence-electron chi connectivity index (χ1n) is 7.53. The van der Waals surface area contributed by atoms with Gasteiger partial charge in [-0.05, 0) is 30.2 Å². The minimum absolute atomic E-state index is 0.147. The first kappa shape index (κ1) is 16.7. The number of hydrogen-bond acceptors (Lipinski definition) is 4. The summed E-state index contributed by atoms with van der Waals surface area (Å²) in [4.78, 5) is 36.0. The fourth-order valence-corrected chi connectivity index (χ4v) is 2.31. The molecule has 0 radical (unpaired) electrons. The zero-order valence-corrected chi connectivity index (χ0v) is 13.1. The van der Waals surface area contributed by atoms with Crippen LogP contribution in [0.4, 0.5) is 5.69 Å². The molecular weight excluding hydrogens is 296 g/mol. The summed E-state index contributed by atoms with van der Waals surface area (Å²) in [6, 6.07) is 7.47. The zero-order valence-electron chi connectivity index (χ0n) is 13.1. The molecule has 0 bridgehead atoms. The van der Waals surface area contributed by atoms with Gasteiger partial charge in [0.15, 0.2) is 0 Å². The second-order valence-electron chi connectivity index (χ2n) is 5.19. The molecule has 1 aromatic carbocycles. The van der Waals surface area contributed by atoms with E-state index in [4.69, 9.17) is 0 Å². The summed E-state index contributed by atoms with van der Waals surface area (Å²) in [5.41, 5.74) is 1.75. The van der Waals surface area contributed by atoms with Crippen molar-refractivity contribution in [3.05, 3.63) is 35.9 Å². The molecule has 6 nitrogen and oxygen atoms in total. The van der Waals surface area contributed by atoms with Crippen LogP contribution in [0.15, 0.2) is 30.3 Å². The van der Waals surface area contributed by atoms with Gasteiger partial charge in [0, 0.05) is 31.3 Å². The molecule has 1 N–H and O–H groups in total. The van der Waals surface area contributed by atoms with E-state index < -0.39 is 0 Å². The highest BCUT2D eigenvalue weighted by Gasteiger charge is 2.21. The number of hydrogen-bond donors (Lipinski definition) is 1. The minimum atomic E-state index is -0.360. The van der Waals surface area contributed by atoms with E-state index in [-0.39, 0.29) is 30.7 Å². The minimum Gasteiger partial charge on any atom is -0.469 e. The maximum absolute atomic E-state index is 11.7. The quantitative estimate of drug-likeness (QED) is 0.637. The van der Waals surface area contributed by atoms with Gasteiger partial charge in [-0.2, -0.15) is 0 Å². The van der Waals surface area contributed by atoms with Crippen molar-refractivity contribution in [3.63, 3.8) is 0 Å². The monoisotopic (exact) mass is 316 g/mol. The van der Waals surface area contributed by atoms with Crippen LogP contribution in [-0.4, -0.2) is 38.0 Å². The second kappa shape index (κ2) is 8.12. The Morgan fingerprint density at radius 3 is 2.65 bits per heavy atom. The third-order valence-electron chi connectivity index (χ3n) is 3.56. The van der Waals surface area contributed by atoms with E-state index in [2.05, 4.69) is 10.1 Å². The number of nitrogens with one attached hydrogen (secondary N) is 1. The van der Waals surface area contributed by atoms with Crippen molar-refractivity contribution in [1.82, 2.24) is 5.32 Å². The van der Waals surface area contributed by atoms with E-state index >= 15 is 0 Å². The van der Waals surface area contributed by atoms with Crippen LogP contribution in [0, 0.1) is 0 Å². The Morgan fingerprint density at radius 2 is 2.04 bits per heavy atom. The predicted octanol–water partition coefficient (Wildman–Crippen LogP) is 1.51. The Hall–Kier alpha value is -2.63. The van der Waals surface area contributed by atoms with Crippen molar-refractivity contribution in [2.75, 3.05) is 25.1 Å². The van der Waals surface area contributed by atoms with Crippen molar-refractivity contribution in [2.45, 2.75) is 19.3 Å². The molecule has 0 unspecified atom stereocenters. The van der Waals surface area contributed by atoms with E-state index in [1.54, 1.807) is 11.0 Å². The van der Waals surface area contributed by atoms with Gasteiger partial charge in [0.1, 0.15) is 0 Å². The van der Waals surface area contributed by atoms with Crippen LogP contribution in [0.1, 0.15) is 24.8 Å². The molecule has 1 fully saturated rings. The molecule has 1 aliphatic heterocycles. The van der Waals surface area contributed by atoms with Crippen molar-refractivity contribution < 1.29 is 19.1 Å². The first-order valence-corrected chi connectivity index (χ1v) is 7.53. The summed E-state index contributed by atoms with van der Waals surface area (Å²) in [5, 5.41) is 2.60. The largest absolute Gasteiger partial charge is 0.469 e. The van der Waals surface area contributed by atoms with Gasteiger partial charge in [-0.15, -0.1) is 0 Å². The zero-order chi connectivity index (χ0) is 16.7. The highest BCUT2D eigenvalue weighted by atomic mass is 16.5. The molecule has 0 aliphatic carbocycles. The molecule has 6 heteroatoms. The predicted molar refractivity (Wildman–Crippen MR) is 86.7 cm³/mol. The van der Waals surface area contributed by atoms with Crippen LogP contribution in [0.2, 0.25) is 0 Å². The molecule has 1 heterocycles. The van der Waals surface area contributed by atoms with Gasteiger partial charge in [-0.25, -0.2) is 0 Å².